The minimum atomic E-state index is -0.836. The van der Waals surface area contributed by atoms with Crippen molar-refractivity contribution in [3.05, 3.63) is 29.8 Å². The fourth-order valence-corrected chi connectivity index (χ4v) is 2.64. The SMILES string of the molecule is O=C(CC1(O)CCCCC1)Nc1cccc(CO)c1. The van der Waals surface area contributed by atoms with Crippen LogP contribution in [0.3, 0.4) is 0 Å². The molecule has 1 aliphatic carbocycles. The predicted octanol–water partition coefficient (Wildman–Crippen LogP) is 2.20. The van der Waals surface area contributed by atoms with Gasteiger partial charge < -0.3 is 15.5 Å². The third kappa shape index (κ3) is 4.04. The molecule has 1 aromatic carbocycles. The molecule has 104 valence electrons. The van der Waals surface area contributed by atoms with Gasteiger partial charge in [-0.05, 0) is 30.5 Å². The summed E-state index contributed by atoms with van der Waals surface area (Å²) >= 11 is 0. The Morgan fingerprint density at radius 1 is 1.26 bits per heavy atom. The van der Waals surface area contributed by atoms with Gasteiger partial charge in [-0.3, -0.25) is 4.79 Å². The zero-order valence-electron chi connectivity index (χ0n) is 11.1. The first-order valence-corrected chi connectivity index (χ1v) is 6.83. The van der Waals surface area contributed by atoms with Crippen molar-refractivity contribution in [2.75, 3.05) is 5.32 Å². The molecule has 1 saturated carbocycles. The highest BCUT2D eigenvalue weighted by Crippen LogP contribution is 2.31. The van der Waals surface area contributed by atoms with Crippen molar-refractivity contribution in [2.24, 2.45) is 0 Å². The van der Waals surface area contributed by atoms with Gasteiger partial charge in [0.2, 0.25) is 5.91 Å². The molecule has 0 spiro atoms. The summed E-state index contributed by atoms with van der Waals surface area (Å²) < 4.78 is 0. The van der Waals surface area contributed by atoms with Crippen LogP contribution in [0.25, 0.3) is 0 Å². The maximum absolute atomic E-state index is 12.0. The molecule has 1 aliphatic rings. The molecule has 19 heavy (non-hydrogen) atoms. The number of rotatable bonds is 4. The summed E-state index contributed by atoms with van der Waals surface area (Å²) in [7, 11) is 0. The summed E-state index contributed by atoms with van der Waals surface area (Å²) in [5, 5.41) is 22.1. The van der Waals surface area contributed by atoms with Crippen molar-refractivity contribution in [1.82, 2.24) is 0 Å². The molecule has 4 nitrogen and oxygen atoms in total. The van der Waals surface area contributed by atoms with Gasteiger partial charge >= 0.3 is 0 Å². The Labute approximate surface area is 113 Å². The molecular weight excluding hydrogens is 242 g/mol. The number of aliphatic hydroxyl groups is 2. The zero-order chi connectivity index (χ0) is 13.7. The first kappa shape index (κ1) is 14.0. The van der Waals surface area contributed by atoms with Crippen molar-refractivity contribution in [1.29, 1.82) is 0 Å². The molecule has 0 saturated heterocycles. The topological polar surface area (TPSA) is 69.6 Å². The van der Waals surface area contributed by atoms with Crippen LogP contribution < -0.4 is 5.32 Å². The second kappa shape index (κ2) is 6.17. The second-order valence-corrected chi connectivity index (χ2v) is 5.37. The summed E-state index contributed by atoms with van der Waals surface area (Å²) in [6.45, 7) is -0.0480. The molecule has 4 heteroatoms. The highest BCUT2D eigenvalue weighted by molar-refractivity contribution is 5.91. The number of amides is 1. The van der Waals surface area contributed by atoms with Gasteiger partial charge in [-0.15, -0.1) is 0 Å². The van der Waals surface area contributed by atoms with Crippen LogP contribution in [-0.4, -0.2) is 21.7 Å². The Balaban J connectivity index is 1.93. The molecule has 0 aromatic heterocycles. The lowest BCUT2D eigenvalue weighted by Crippen LogP contribution is -2.35. The van der Waals surface area contributed by atoms with Gasteiger partial charge in [-0.2, -0.15) is 0 Å². The van der Waals surface area contributed by atoms with Gasteiger partial charge in [0.25, 0.3) is 0 Å². The van der Waals surface area contributed by atoms with Crippen LogP contribution in [-0.2, 0) is 11.4 Å². The van der Waals surface area contributed by atoms with Crippen LogP contribution in [0.5, 0.6) is 0 Å². The standard InChI is InChI=1S/C15H21NO3/c17-11-12-5-4-6-13(9-12)16-14(18)10-15(19)7-2-1-3-8-15/h4-6,9,17,19H,1-3,7-8,10-11H2,(H,16,18). The molecule has 1 amide bonds. The van der Waals surface area contributed by atoms with Crippen molar-refractivity contribution in [2.45, 2.75) is 50.7 Å². The zero-order valence-corrected chi connectivity index (χ0v) is 11.1. The van der Waals surface area contributed by atoms with Gasteiger partial charge in [0.05, 0.1) is 18.6 Å². The fraction of sp³-hybridized carbons (Fsp3) is 0.533. The van der Waals surface area contributed by atoms with Crippen molar-refractivity contribution >= 4 is 11.6 Å². The maximum atomic E-state index is 12.0. The maximum Gasteiger partial charge on any atom is 0.227 e. The van der Waals surface area contributed by atoms with Crippen LogP contribution in [0.1, 0.15) is 44.1 Å². The number of aliphatic hydroxyl groups excluding tert-OH is 1. The Bertz CT molecular complexity index is 439. The lowest BCUT2D eigenvalue weighted by atomic mass is 9.82. The highest BCUT2D eigenvalue weighted by atomic mass is 16.3. The van der Waals surface area contributed by atoms with E-state index >= 15 is 0 Å². The van der Waals surface area contributed by atoms with E-state index in [1.807, 2.05) is 0 Å². The smallest absolute Gasteiger partial charge is 0.227 e. The largest absolute Gasteiger partial charge is 0.392 e. The molecule has 0 heterocycles. The first-order chi connectivity index (χ1) is 9.11. The number of benzene rings is 1. The van der Waals surface area contributed by atoms with E-state index in [9.17, 15) is 9.90 Å². The van der Waals surface area contributed by atoms with E-state index in [1.165, 1.54) is 0 Å². The molecule has 0 radical (unpaired) electrons. The lowest BCUT2D eigenvalue weighted by molar-refractivity contribution is -0.122. The molecule has 1 aromatic rings. The Kier molecular flexibility index (Phi) is 4.56. The van der Waals surface area contributed by atoms with Gasteiger partial charge in [-0.25, -0.2) is 0 Å². The molecule has 0 unspecified atom stereocenters. The molecule has 0 aliphatic heterocycles. The van der Waals surface area contributed by atoms with Crippen molar-refractivity contribution < 1.29 is 15.0 Å². The van der Waals surface area contributed by atoms with Gasteiger partial charge in [0, 0.05) is 5.69 Å². The van der Waals surface area contributed by atoms with E-state index < -0.39 is 5.60 Å². The minimum absolute atomic E-state index is 0.0480. The average Bonchev–Trinajstić information content (AvgIpc) is 2.39. The Morgan fingerprint density at radius 3 is 2.68 bits per heavy atom. The van der Waals surface area contributed by atoms with E-state index in [0.717, 1.165) is 24.8 Å². The minimum Gasteiger partial charge on any atom is -0.392 e. The van der Waals surface area contributed by atoms with Gasteiger partial charge in [-0.1, -0.05) is 31.4 Å². The molecule has 0 bridgehead atoms. The van der Waals surface area contributed by atoms with E-state index in [2.05, 4.69) is 5.32 Å². The fourth-order valence-electron chi connectivity index (χ4n) is 2.64. The normalized spacial score (nSPS) is 18.0. The van der Waals surface area contributed by atoms with E-state index in [4.69, 9.17) is 5.11 Å². The van der Waals surface area contributed by atoms with Crippen molar-refractivity contribution in [3.63, 3.8) is 0 Å². The number of anilines is 1. The summed E-state index contributed by atoms with van der Waals surface area (Å²) in [5.41, 5.74) is 0.585. The molecule has 3 N–H and O–H groups in total. The Hall–Kier alpha value is -1.39. The highest BCUT2D eigenvalue weighted by Gasteiger charge is 2.31. The predicted molar refractivity (Wildman–Crippen MR) is 73.6 cm³/mol. The summed E-state index contributed by atoms with van der Waals surface area (Å²) in [5.74, 6) is -0.167. The van der Waals surface area contributed by atoms with Crippen LogP contribution in [0.15, 0.2) is 24.3 Å². The Morgan fingerprint density at radius 2 is 2.00 bits per heavy atom. The second-order valence-electron chi connectivity index (χ2n) is 5.37. The average molecular weight is 263 g/mol. The molecule has 0 atom stereocenters. The summed E-state index contributed by atoms with van der Waals surface area (Å²) in [4.78, 5) is 12.0. The van der Waals surface area contributed by atoms with Crippen LogP contribution >= 0.6 is 0 Å². The number of carbonyl (C=O) groups is 1. The summed E-state index contributed by atoms with van der Waals surface area (Å²) in [6, 6.07) is 7.10. The third-order valence-corrected chi connectivity index (χ3v) is 3.67. The number of hydrogen-bond donors (Lipinski definition) is 3. The van der Waals surface area contributed by atoms with Crippen LogP contribution in [0, 0.1) is 0 Å². The first-order valence-electron chi connectivity index (χ1n) is 6.83. The monoisotopic (exact) mass is 263 g/mol. The molecule has 2 rings (SSSR count). The van der Waals surface area contributed by atoms with Crippen LogP contribution in [0.2, 0.25) is 0 Å². The summed E-state index contributed by atoms with van der Waals surface area (Å²) in [6.07, 6.45) is 4.68. The van der Waals surface area contributed by atoms with E-state index in [-0.39, 0.29) is 18.9 Å². The van der Waals surface area contributed by atoms with Gasteiger partial charge in [0.1, 0.15) is 0 Å². The molecule has 1 fully saturated rings. The number of carbonyl (C=O) groups excluding carboxylic acids is 1. The quantitative estimate of drug-likeness (QED) is 0.780. The van der Waals surface area contributed by atoms with Gasteiger partial charge in [0.15, 0.2) is 0 Å². The number of nitrogens with one attached hydrogen (secondary N) is 1. The lowest BCUT2D eigenvalue weighted by Gasteiger charge is -2.31. The van der Waals surface area contributed by atoms with E-state index in [1.54, 1.807) is 24.3 Å². The van der Waals surface area contributed by atoms with Crippen molar-refractivity contribution in [3.8, 4) is 0 Å². The molecular formula is C15H21NO3. The third-order valence-electron chi connectivity index (χ3n) is 3.67. The van der Waals surface area contributed by atoms with Crippen LogP contribution in [0.4, 0.5) is 5.69 Å². The number of hydrogen-bond acceptors (Lipinski definition) is 3. The van der Waals surface area contributed by atoms with E-state index in [0.29, 0.717) is 18.5 Å².